The lowest BCUT2D eigenvalue weighted by atomic mass is 10.4. The van der Waals surface area contributed by atoms with Crippen LogP contribution in [0.2, 0.25) is 0 Å². The third kappa shape index (κ3) is 12.5. The van der Waals surface area contributed by atoms with Crippen molar-refractivity contribution in [2.75, 3.05) is 20.8 Å². The van der Waals surface area contributed by atoms with Crippen LogP contribution in [0.3, 0.4) is 0 Å². The molecule has 0 fully saturated rings. The van der Waals surface area contributed by atoms with Gasteiger partial charge in [0.05, 0.1) is 6.61 Å². The number of aliphatic hydroxyl groups is 1. The fraction of sp³-hybridized carbons (Fsp3) is 0.636. The van der Waals surface area contributed by atoms with Gasteiger partial charge in [0.1, 0.15) is 0 Å². The molecular weight excluding hydrogens is 226 g/mol. The Labute approximate surface area is 102 Å². The second-order valence-electron chi connectivity index (χ2n) is 3.04. The summed E-state index contributed by atoms with van der Waals surface area (Å²) >= 11 is 0. The summed E-state index contributed by atoms with van der Waals surface area (Å²) in [5.41, 5.74) is 0. The topological polar surface area (TPSA) is 84.9 Å². The summed E-state index contributed by atoms with van der Waals surface area (Å²) in [6, 6.07) is 0. The number of carbonyl (C=O) groups is 2. The first-order valence-corrected chi connectivity index (χ1v) is 5.21. The molecule has 0 aromatic carbocycles. The van der Waals surface area contributed by atoms with Gasteiger partial charge in [0, 0.05) is 14.2 Å². The molecule has 0 aliphatic carbocycles. The predicted octanol–water partition coefficient (Wildman–Crippen LogP) is 0.213. The number of esters is 1. The second kappa shape index (κ2) is 12.7. The molecule has 2 N–H and O–H groups in total. The summed E-state index contributed by atoms with van der Waals surface area (Å²) in [6.07, 6.45) is 0.969. The summed E-state index contributed by atoms with van der Waals surface area (Å²) in [5.74, 6) is -1.47. The Morgan fingerprint density at radius 2 is 2.00 bits per heavy atom. The number of hydrogen-bond donors (Lipinski definition) is 2. The zero-order chi connectivity index (χ0) is 13.7. The number of aliphatic hydroxyl groups excluding tert-OH is 1. The molecule has 17 heavy (non-hydrogen) atoms. The quantitative estimate of drug-likeness (QED) is 0.303. The summed E-state index contributed by atoms with van der Waals surface area (Å²) in [5, 5.41) is 11.0. The van der Waals surface area contributed by atoms with E-state index >= 15 is 0 Å². The number of ether oxygens (including phenoxy) is 2. The van der Waals surface area contributed by atoms with Crippen molar-refractivity contribution < 1.29 is 24.2 Å². The molecule has 1 amide bonds. The fourth-order valence-electron chi connectivity index (χ4n) is 0.649. The van der Waals surface area contributed by atoms with E-state index in [2.05, 4.69) is 16.1 Å². The zero-order valence-electron chi connectivity index (χ0n) is 10.6. The molecule has 0 radical (unpaired) electrons. The number of nitrogens with one attached hydrogen (secondary N) is 1. The molecule has 0 aliphatic rings. The van der Waals surface area contributed by atoms with E-state index in [-0.39, 0.29) is 6.61 Å². The lowest BCUT2D eigenvalue weighted by Gasteiger charge is -2.10. The molecule has 0 saturated carbocycles. The van der Waals surface area contributed by atoms with Crippen molar-refractivity contribution >= 4 is 11.9 Å². The van der Waals surface area contributed by atoms with Crippen LogP contribution in [0.5, 0.6) is 0 Å². The van der Waals surface area contributed by atoms with E-state index in [0.29, 0.717) is 0 Å². The number of amides is 1. The Morgan fingerprint density at radius 1 is 1.47 bits per heavy atom. The SMILES string of the molecule is C=CC(=O)NC(O)C(=O)OCCCC.COC. The largest absolute Gasteiger partial charge is 0.462 e. The van der Waals surface area contributed by atoms with Crippen LogP contribution in [0, 0.1) is 0 Å². The molecule has 1 atom stereocenters. The average molecular weight is 247 g/mol. The van der Waals surface area contributed by atoms with E-state index < -0.39 is 18.1 Å². The fourth-order valence-corrected chi connectivity index (χ4v) is 0.649. The van der Waals surface area contributed by atoms with Crippen molar-refractivity contribution in [2.24, 2.45) is 0 Å². The average Bonchev–Trinajstić information content (AvgIpc) is 2.30. The molecule has 0 aromatic heterocycles. The highest BCUT2D eigenvalue weighted by molar-refractivity contribution is 5.90. The molecule has 0 bridgehead atoms. The first-order chi connectivity index (χ1) is 8.03. The molecule has 0 aliphatic heterocycles. The smallest absolute Gasteiger partial charge is 0.356 e. The maximum atomic E-state index is 10.9. The van der Waals surface area contributed by atoms with Crippen molar-refractivity contribution in [3.05, 3.63) is 12.7 Å². The molecule has 100 valence electrons. The van der Waals surface area contributed by atoms with Gasteiger partial charge in [0.25, 0.3) is 0 Å². The maximum absolute atomic E-state index is 10.9. The van der Waals surface area contributed by atoms with Gasteiger partial charge < -0.3 is 19.9 Å². The first kappa shape index (κ1) is 18.0. The van der Waals surface area contributed by atoms with Gasteiger partial charge in [-0.25, -0.2) is 4.79 Å². The van der Waals surface area contributed by atoms with Gasteiger partial charge >= 0.3 is 5.97 Å². The third-order valence-electron chi connectivity index (χ3n) is 1.43. The predicted molar refractivity (Wildman–Crippen MR) is 63.1 cm³/mol. The molecule has 6 heteroatoms. The van der Waals surface area contributed by atoms with Gasteiger partial charge in [-0.2, -0.15) is 0 Å². The Kier molecular flexibility index (Phi) is 13.4. The number of hydrogen-bond acceptors (Lipinski definition) is 5. The second-order valence-corrected chi connectivity index (χ2v) is 3.04. The number of rotatable bonds is 6. The number of methoxy groups -OCH3 is 1. The normalized spacial score (nSPS) is 10.6. The first-order valence-electron chi connectivity index (χ1n) is 5.21. The zero-order valence-corrected chi connectivity index (χ0v) is 10.6. The Balaban J connectivity index is 0. The van der Waals surface area contributed by atoms with Gasteiger partial charge in [-0.3, -0.25) is 4.79 Å². The van der Waals surface area contributed by atoms with E-state index in [9.17, 15) is 9.59 Å². The summed E-state index contributed by atoms with van der Waals surface area (Å²) in [4.78, 5) is 21.6. The van der Waals surface area contributed by atoms with E-state index in [1.54, 1.807) is 14.2 Å². The molecule has 0 heterocycles. The minimum absolute atomic E-state index is 0.246. The number of carbonyl (C=O) groups excluding carboxylic acids is 2. The molecule has 0 aromatic rings. The highest BCUT2D eigenvalue weighted by atomic mass is 16.5. The molecule has 6 nitrogen and oxygen atoms in total. The molecule has 0 saturated heterocycles. The third-order valence-corrected chi connectivity index (χ3v) is 1.43. The van der Waals surface area contributed by atoms with Crippen LogP contribution in [0.1, 0.15) is 19.8 Å². The van der Waals surface area contributed by atoms with Gasteiger partial charge in [-0.15, -0.1) is 0 Å². The minimum atomic E-state index is -1.61. The standard InChI is InChI=1S/C9H15NO4.C2H6O/c1-3-5-6-14-9(13)8(12)10-7(11)4-2;1-3-2/h4,8,12H,2-3,5-6H2,1H3,(H,10,11);1-2H3. The van der Waals surface area contributed by atoms with Gasteiger partial charge in [0.2, 0.25) is 12.1 Å². The van der Waals surface area contributed by atoms with Crippen molar-refractivity contribution in [2.45, 2.75) is 26.0 Å². The van der Waals surface area contributed by atoms with Crippen molar-refractivity contribution in [3.63, 3.8) is 0 Å². The van der Waals surface area contributed by atoms with Gasteiger partial charge in [0.15, 0.2) is 0 Å². The van der Waals surface area contributed by atoms with Gasteiger partial charge in [-0.05, 0) is 12.5 Å². The van der Waals surface area contributed by atoms with E-state index in [1.165, 1.54) is 0 Å². The highest BCUT2D eigenvalue weighted by Crippen LogP contribution is 1.91. The minimum Gasteiger partial charge on any atom is -0.462 e. The lowest BCUT2D eigenvalue weighted by Crippen LogP contribution is -2.40. The molecule has 1 unspecified atom stereocenters. The van der Waals surface area contributed by atoms with E-state index in [4.69, 9.17) is 5.11 Å². The monoisotopic (exact) mass is 247 g/mol. The lowest BCUT2D eigenvalue weighted by molar-refractivity contribution is -0.157. The van der Waals surface area contributed by atoms with Crippen LogP contribution in [0.15, 0.2) is 12.7 Å². The Hall–Kier alpha value is -1.40. The summed E-state index contributed by atoms with van der Waals surface area (Å²) in [6.45, 7) is 5.37. The van der Waals surface area contributed by atoms with Crippen LogP contribution in [0.4, 0.5) is 0 Å². The highest BCUT2D eigenvalue weighted by Gasteiger charge is 2.17. The Morgan fingerprint density at radius 3 is 2.41 bits per heavy atom. The maximum Gasteiger partial charge on any atom is 0.356 e. The van der Waals surface area contributed by atoms with Gasteiger partial charge in [-0.1, -0.05) is 19.9 Å². The van der Waals surface area contributed by atoms with Crippen LogP contribution in [-0.2, 0) is 19.1 Å². The van der Waals surface area contributed by atoms with Crippen LogP contribution in [-0.4, -0.2) is 44.0 Å². The van der Waals surface area contributed by atoms with Crippen LogP contribution < -0.4 is 5.32 Å². The Bertz CT molecular complexity index is 230. The molecule has 0 rings (SSSR count). The summed E-state index contributed by atoms with van der Waals surface area (Å²) < 4.78 is 8.90. The summed E-state index contributed by atoms with van der Waals surface area (Å²) in [7, 11) is 3.25. The van der Waals surface area contributed by atoms with Crippen molar-refractivity contribution in [1.29, 1.82) is 0 Å². The van der Waals surface area contributed by atoms with E-state index in [0.717, 1.165) is 18.9 Å². The van der Waals surface area contributed by atoms with Crippen molar-refractivity contribution in [3.8, 4) is 0 Å². The van der Waals surface area contributed by atoms with Crippen molar-refractivity contribution in [1.82, 2.24) is 5.32 Å². The van der Waals surface area contributed by atoms with Crippen LogP contribution >= 0.6 is 0 Å². The molecular formula is C11H21NO5. The van der Waals surface area contributed by atoms with Crippen LogP contribution in [0.25, 0.3) is 0 Å². The van der Waals surface area contributed by atoms with E-state index in [1.807, 2.05) is 12.2 Å². The molecule has 0 spiro atoms. The number of unbranched alkanes of at least 4 members (excludes halogenated alkanes) is 1.